The number of urea groups is 1. The predicted molar refractivity (Wildman–Crippen MR) is 74.7 cm³/mol. The van der Waals surface area contributed by atoms with Gasteiger partial charge in [-0.15, -0.1) is 12.3 Å². The number of ether oxygens (including phenoxy) is 1. The van der Waals surface area contributed by atoms with Crippen molar-refractivity contribution < 1.29 is 19.4 Å². The predicted octanol–water partition coefficient (Wildman–Crippen LogP) is 1.68. The van der Waals surface area contributed by atoms with Crippen molar-refractivity contribution >= 4 is 17.7 Å². The zero-order chi connectivity index (χ0) is 14.8. The molecule has 0 atom stereocenters. The Kier molecular flexibility index (Phi) is 6.48. The Morgan fingerprint density at radius 2 is 2.20 bits per heavy atom. The minimum atomic E-state index is -1.06. The number of anilines is 1. The third kappa shape index (κ3) is 6.31. The minimum absolute atomic E-state index is 0.350. The maximum atomic E-state index is 11.5. The molecular formula is C14H16N2O4. The van der Waals surface area contributed by atoms with Crippen molar-refractivity contribution in [3.8, 4) is 18.1 Å². The van der Waals surface area contributed by atoms with Crippen molar-refractivity contribution in [2.45, 2.75) is 12.8 Å². The topological polar surface area (TPSA) is 87.7 Å². The SMILES string of the molecule is C#CCCCNC(=O)Nc1cccc(OCC(=O)O)c1. The quantitative estimate of drug-likeness (QED) is 0.522. The maximum absolute atomic E-state index is 11.5. The Labute approximate surface area is 117 Å². The van der Waals surface area contributed by atoms with Crippen molar-refractivity contribution in [1.82, 2.24) is 5.32 Å². The molecule has 1 aromatic carbocycles. The van der Waals surface area contributed by atoms with Crippen LogP contribution >= 0.6 is 0 Å². The van der Waals surface area contributed by atoms with Crippen LogP contribution in [0.1, 0.15) is 12.8 Å². The molecule has 0 saturated heterocycles. The first kappa shape index (κ1) is 15.4. The number of rotatable bonds is 7. The van der Waals surface area contributed by atoms with Crippen LogP contribution in [0.5, 0.6) is 5.75 Å². The van der Waals surface area contributed by atoms with E-state index in [-0.39, 0.29) is 6.03 Å². The Morgan fingerprint density at radius 1 is 1.40 bits per heavy atom. The van der Waals surface area contributed by atoms with Gasteiger partial charge in [0.25, 0.3) is 0 Å². The minimum Gasteiger partial charge on any atom is -0.482 e. The number of carbonyl (C=O) groups is 2. The molecule has 0 fully saturated rings. The number of carbonyl (C=O) groups excluding carboxylic acids is 1. The molecule has 3 N–H and O–H groups in total. The second kappa shape index (κ2) is 8.43. The van der Waals surface area contributed by atoms with E-state index in [0.29, 0.717) is 30.8 Å². The summed E-state index contributed by atoms with van der Waals surface area (Å²) in [6.45, 7) is 0.0625. The van der Waals surface area contributed by atoms with Crippen LogP contribution in [0.3, 0.4) is 0 Å². The van der Waals surface area contributed by atoms with Gasteiger partial charge < -0.3 is 20.5 Å². The summed E-state index contributed by atoms with van der Waals surface area (Å²) in [6.07, 6.45) is 6.43. The van der Waals surface area contributed by atoms with Gasteiger partial charge in [0.1, 0.15) is 5.75 Å². The molecule has 0 aliphatic heterocycles. The van der Waals surface area contributed by atoms with Crippen LogP contribution in [0.25, 0.3) is 0 Å². The summed E-state index contributed by atoms with van der Waals surface area (Å²) < 4.78 is 5.01. The number of carboxylic acids is 1. The van der Waals surface area contributed by atoms with Gasteiger partial charge in [0.05, 0.1) is 0 Å². The molecular weight excluding hydrogens is 260 g/mol. The van der Waals surface area contributed by atoms with Crippen molar-refractivity contribution in [2.75, 3.05) is 18.5 Å². The summed E-state index contributed by atoms with van der Waals surface area (Å²) in [5.74, 6) is 1.80. The lowest BCUT2D eigenvalue weighted by Crippen LogP contribution is -2.29. The average molecular weight is 276 g/mol. The Hall–Kier alpha value is -2.68. The standard InChI is InChI=1S/C14H16N2O4/c1-2-3-4-8-15-14(19)16-11-6-5-7-12(9-11)20-10-13(17)18/h1,5-7,9H,3-4,8,10H2,(H,17,18)(H2,15,16,19). The number of hydrogen-bond donors (Lipinski definition) is 3. The van der Waals surface area contributed by atoms with Gasteiger partial charge in [-0.1, -0.05) is 6.07 Å². The number of carboxylic acid groups (broad SMARTS) is 1. The van der Waals surface area contributed by atoms with Gasteiger partial charge in [0, 0.05) is 24.7 Å². The van der Waals surface area contributed by atoms with Crippen LogP contribution in [-0.4, -0.2) is 30.3 Å². The molecule has 0 aromatic heterocycles. The molecule has 0 aliphatic rings. The number of terminal acetylenes is 1. The summed E-state index contributed by atoms with van der Waals surface area (Å²) in [6, 6.07) is 6.14. The van der Waals surface area contributed by atoms with Crippen LogP contribution in [0.15, 0.2) is 24.3 Å². The van der Waals surface area contributed by atoms with Crippen molar-refractivity contribution in [3.63, 3.8) is 0 Å². The fourth-order valence-electron chi connectivity index (χ4n) is 1.38. The molecule has 0 saturated carbocycles. The highest BCUT2D eigenvalue weighted by Gasteiger charge is 2.03. The van der Waals surface area contributed by atoms with E-state index in [9.17, 15) is 9.59 Å². The first-order chi connectivity index (χ1) is 9.61. The molecule has 0 unspecified atom stereocenters. The van der Waals surface area contributed by atoms with Crippen LogP contribution in [0.2, 0.25) is 0 Å². The lowest BCUT2D eigenvalue weighted by atomic mass is 10.3. The largest absolute Gasteiger partial charge is 0.482 e. The Morgan fingerprint density at radius 3 is 2.90 bits per heavy atom. The van der Waals surface area contributed by atoms with Crippen molar-refractivity contribution in [3.05, 3.63) is 24.3 Å². The van der Waals surface area contributed by atoms with E-state index in [1.807, 2.05) is 0 Å². The molecule has 6 heteroatoms. The van der Waals surface area contributed by atoms with Gasteiger partial charge in [-0.05, 0) is 18.6 Å². The molecule has 0 aliphatic carbocycles. The molecule has 0 radical (unpaired) electrons. The smallest absolute Gasteiger partial charge is 0.341 e. The number of hydrogen-bond acceptors (Lipinski definition) is 3. The van der Waals surface area contributed by atoms with Gasteiger partial charge in [-0.25, -0.2) is 9.59 Å². The van der Waals surface area contributed by atoms with E-state index in [1.165, 1.54) is 0 Å². The average Bonchev–Trinajstić information content (AvgIpc) is 2.42. The second-order valence-electron chi connectivity index (χ2n) is 3.90. The summed E-state index contributed by atoms with van der Waals surface area (Å²) in [5.41, 5.74) is 0.516. The zero-order valence-corrected chi connectivity index (χ0v) is 10.9. The number of nitrogens with one attached hydrogen (secondary N) is 2. The normalized spacial score (nSPS) is 9.35. The van der Waals surface area contributed by atoms with Gasteiger partial charge in [-0.3, -0.25) is 0 Å². The van der Waals surface area contributed by atoms with E-state index in [2.05, 4.69) is 16.6 Å². The van der Waals surface area contributed by atoms with Crippen molar-refractivity contribution in [1.29, 1.82) is 0 Å². The number of amides is 2. The van der Waals surface area contributed by atoms with Gasteiger partial charge >= 0.3 is 12.0 Å². The van der Waals surface area contributed by atoms with E-state index in [0.717, 1.165) is 0 Å². The second-order valence-corrected chi connectivity index (χ2v) is 3.90. The first-order valence-corrected chi connectivity index (χ1v) is 6.05. The summed E-state index contributed by atoms with van der Waals surface area (Å²) >= 11 is 0. The van der Waals surface area contributed by atoms with Crippen LogP contribution in [-0.2, 0) is 4.79 Å². The molecule has 1 aromatic rings. The molecule has 1 rings (SSSR count). The van der Waals surface area contributed by atoms with Crippen LogP contribution < -0.4 is 15.4 Å². The van der Waals surface area contributed by atoms with E-state index < -0.39 is 12.6 Å². The Balaban J connectivity index is 2.43. The Bertz CT molecular complexity index is 508. The molecule has 6 nitrogen and oxygen atoms in total. The van der Waals surface area contributed by atoms with E-state index in [1.54, 1.807) is 24.3 Å². The number of unbranched alkanes of at least 4 members (excludes halogenated alkanes) is 1. The first-order valence-electron chi connectivity index (χ1n) is 6.05. The molecule has 0 bridgehead atoms. The third-order valence-corrected chi connectivity index (χ3v) is 2.24. The number of benzene rings is 1. The summed E-state index contributed by atoms with van der Waals surface area (Å²) in [4.78, 5) is 21.9. The highest BCUT2D eigenvalue weighted by atomic mass is 16.5. The highest BCUT2D eigenvalue weighted by Crippen LogP contribution is 2.17. The number of aliphatic carboxylic acids is 1. The molecule has 106 valence electrons. The zero-order valence-electron chi connectivity index (χ0n) is 10.9. The molecule has 2 amide bonds. The summed E-state index contributed by atoms with van der Waals surface area (Å²) in [7, 11) is 0. The van der Waals surface area contributed by atoms with E-state index in [4.69, 9.17) is 16.3 Å². The van der Waals surface area contributed by atoms with Gasteiger partial charge in [0.2, 0.25) is 0 Å². The monoisotopic (exact) mass is 276 g/mol. The van der Waals surface area contributed by atoms with E-state index >= 15 is 0 Å². The summed E-state index contributed by atoms with van der Waals surface area (Å²) in [5, 5.41) is 13.8. The van der Waals surface area contributed by atoms with Crippen molar-refractivity contribution in [2.24, 2.45) is 0 Å². The highest BCUT2D eigenvalue weighted by molar-refractivity contribution is 5.89. The van der Waals surface area contributed by atoms with Gasteiger partial charge in [0.15, 0.2) is 6.61 Å². The van der Waals surface area contributed by atoms with Crippen LogP contribution in [0, 0.1) is 12.3 Å². The van der Waals surface area contributed by atoms with Gasteiger partial charge in [-0.2, -0.15) is 0 Å². The molecule has 0 spiro atoms. The fourth-order valence-corrected chi connectivity index (χ4v) is 1.38. The fraction of sp³-hybridized carbons (Fsp3) is 0.286. The lowest BCUT2D eigenvalue weighted by molar-refractivity contribution is -0.139. The maximum Gasteiger partial charge on any atom is 0.341 e. The van der Waals surface area contributed by atoms with Crippen LogP contribution in [0.4, 0.5) is 10.5 Å². The molecule has 20 heavy (non-hydrogen) atoms. The molecule has 0 heterocycles. The third-order valence-electron chi connectivity index (χ3n) is 2.24. The lowest BCUT2D eigenvalue weighted by Gasteiger charge is -2.09.